The van der Waals surface area contributed by atoms with Crippen molar-refractivity contribution >= 4 is 21.2 Å². The van der Waals surface area contributed by atoms with Gasteiger partial charge < -0.3 is 19.2 Å². The molecule has 5 rings (SSSR count). The van der Waals surface area contributed by atoms with Gasteiger partial charge in [0.1, 0.15) is 11.6 Å². The van der Waals surface area contributed by atoms with E-state index >= 15 is 0 Å². The number of aryl methyl sites for hydroxylation is 1. The first-order valence-corrected chi connectivity index (χ1v) is 16.8. The number of rotatable bonds is 13. The van der Waals surface area contributed by atoms with E-state index in [1.54, 1.807) is 42.8 Å². The molecule has 1 aliphatic carbocycles. The second kappa shape index (κ2) is 14.4. The summed E-state index contributed by atoms with van der Waals surface area (Å²) in [5, 5.41) is 4.77. The van der Waals surface area contributed by atoms with Gasteiger partial charge in [0.15, 0.2) is 22.8 Å². The zero-order chi connectivity index (χ0) is 31.4. The lowest BCUT2D eigenvalue weighted by Gasteiger charge is -2.17. The summed E-state index contributed by atoms with van der Waals surface area (Å²) in [5.41, 5.74) is 1.32. The Morgan fingerprint density at radius 2 is 1.73 bits per heavy atom. The summed E-state index contributed by atoms with van der Waals surface area (Å²) in [6.07, 6.45) is 6.14. The standard InChI is InChI=1S/C32H41N5O6S.CH4/c1-6-21(7-2)19-43-28-17-23(13-15-27(28)41-5)36-44(39,40)24-14-16-26(42-8-3)25(18-24)30-34-32(38)29-20(4)33-31(37(29)35-30)22-11-9-10-12-22;/h13-18,21-22,36H,6-12,19H2,1-5H3,(H,34,35,38);1H4. The van der Waals surface area contributed by atoms with Gasteiger partial charge >= 0.3 is 0 Å². The van der Waals surface area contributed by atoms with Gasteiger partial charge in [-0.25, -0.2) is 17.9 Å². The number of anilines is 1. The van der Waals surface area contributed by atoms with Gasteiger partial charge in [-0.1, -0.05) is 47.0 Å². The molecule has 244 valence electrons. The lowest BCUT2D eigenvalue weighted by molar-refractivity contribution is 0.231. The van der Waals surface area contributed by atoms with Crippen LogP contribution in [0.2, 0.25) is 0 Å². The first-order valence-electron chi connectivity index (χ1n) is 15.3. The van der Waals surface area contributed by atoms with Crippen LogP contribution in [0.4, 0.5) is 5.69 Å². The van der Waals surface area contributed by atoms with Crippen molar-refractivity contribution in [1.29, 1.82) is 0 Å². The smallest absolute Gasteiger partial charge is 0.277 e. The van der Waals surface area contributed by atoms with E-state index in [4.69, 9.17) is 24.3 Å². The number of hydrogen-bond acceptors (Lipinski definition) is 8. The van der Waals surface area contributed by atoms with Gasteiger partial charge in [0.25, 0.3) is 15.6 Å². The van der Waals surface area contributed by atoms with Crippen molar-refractivity contribution in [2.24, 2.45) is 5.92 Å². The van der Waals surface area contributed by atoms with Crippen LogP contribution in [0.5, 0.6) is 17.2 Å². The Bertz CT molecular complexity index is 1790. The second-order valence-corrected chi connectivity index (χ2v) is 12.8. The summed E-state index contributed by atoms with van der Waals surface area (Å²) in [4.78, 5) is 20.8. The maximum absolute atomic E-state index is 13.7. The molecular formula is C33H45N5O6S. The molecule has 12 heteroatoms. The molecule has 4 aromatic rings. The van der Waals surface area contributed by atoms with Crippen molar-refractivity contribution in [3.05, 3.63) is 58.3 Å². The Morgan fingerprint density at radius 3 is 2.40 bits per heavy atom. The van der Waals surface area contributed by atoms with Crippen molar-refractivity contribution < 1.29 is 22.6 Å². The SMILES string of the molecule is C.CCOc1ccc(S(=O)(=O)Nc2ccc(OC)c(OCC(CC)CC)c2)cc1-c1nn2c(C3CCCC3)nc(C)c2c(=O)[nH]1. The zero-order valence-electron chi connectivity index (χ0n) is 26.0. The molecular weight excluding hydrogens is 594 g/mol. The third-order valence-corrected chi connectivity index (χ3v) is 9.66. The average molecular weight is 640 g/mol. The normalized spacial score (nSPS) is 13.6. The molecule has 1 fully saturated rings. The monoisotopic (exact) mass is 639 g/mol. The van der Waals surface area contributed by atoms with Gasteiger partial charge in [-0.3, -0.25) is 9.52 Å². The molecule has 2 N–H and O–H groups in total. The van der Waals surface area contributed by atoms with Crippen LogP contribution >= 0.6 is 0 Å². The Morgan fingerprint density at radius 1 is 1.02 bits per heavy atom. The maximum atomic E-state index is 13.7. The minimum absolute atomic E-state index is 0. The van der Waals surface area contributed by atoms with E-state index in [0.29, 0.717) is 58.8 Å². The molecule has 0 atom stereocenters. The van der Waals surface area contributed by atoms with E-state index < -0.39 is 10.0 Å². The Labute approximate surface area is 265 Å². The number of fused-ring (bicyclic) bond motifs is 1. The van der Waals surface area contributed by atoms with Gasteiger partial charge in [0, 0.05) is 12.0 Å². The third-order valence-electron chi connectivity index (χ3n) is 8.28. The minimum Gasteiger partial charge on any atom is -0.493 e. The van der Waals surface area contributed by atoms with Crippen LogP contribution in [0.15, 0.2) is 46.1 Å². The summed E-state index contributed by atoms with van der Waals surface area (Å²) in [6, 6.07) is 9.41. The second-order valence-electron chi connectivity index (χ2n) is 11.2. The van der Waals surface area contributed by atoms with Crippen LogP contribution < -0.4 is 24.5 Å². The molecule has 2 heterocycles. The molecule has 0 radical (unpaired) electrons. The summed E-state index contributed by atoms with van der Waals surface area (Å²) < 4.78 is 48.9. The van der Waals surface area contributed by atoms with Crippen LogP contribution in [0.1, 0.15) is 84.2 Å². The molecule has 0 unspecified atom stereocenters. The van der Waals surface area contributed by atoms with Gasteiger partial charge in [0.2, 0.25) is 0 Å². The van der Waals surface area contributed by atoms with E-state index in [9.17, 15) is 13.2 Å². The topological polar surface area (TPSA) is 137 Å². The van der Waals surface area contributed by atoms with E-state index in [2.05, 4.69) is 23.6 Å². The first kappa shape index (κ1) is 33.8. The molecule has 1 aliphatic rings. The highest BCUT2D eigenvalue weighted by Gasteiger charge is 2.26. The molecule has 45 heavy (non-hydrogen) atoms. The lowest BCUT2D eigenvalue weighted by atomic mass is 10.1. The highest BCUT2D eigenvalue weighted by Crippen LogP contribution is 2.36. The van der Waals surface area contributed by atoms with Gasteiger partial charge in [0.05, 0.1) is 42.2 Å². The Hall–Kier alpha value is -4.06. The van der Waals surface area contributed by atoms with Crippen LogP contribution in [0, 0.1) is 12.8 Å². The molecule has 0 spiro atoms. The number of aromatic nitrogens is 4. The van der Waals surface area contributed by atoms with Crippen molar-refractivity contribution in [1.82, 2.24) is 19.6 Å². The van der Waals surface area contributed by atoms with Gasteiger partial charge in [-0.15, -0.1) is 5.10 Å². The van der Waals surface area contributed by atoms with E-state index in [1.807, 2.05) is 6.92 Å². The summed E-state index contributed by atoms with van der Waals surface area (Å²) in [6.45, 7) is 8.69. The van der Waals surface area contributed by atoms with Crippen LogP contribution in [0.25, 0.3) is 16.9 Å². The lowest BCUT2D eigenvalue weighted by Crippen LogP contribution is -2.17. The number of hydrogen-bond donors (Lipinski definition) is 2. The summed E-state index contributed by atoms with van der Waals surface area (Å²) in [5.74, 6) is 2.91. The fraction of sp³-hybridized carbons (Fsp3) is 0.485. The number of ether oxygens (including phenoxy) is 3. The summed E-state index contributed by atoms with van der Waals surface area (Å²) >= 11 is 0. The number of sulfonamides is 1. The van der Waals surface area contributed by atoms with Crippen molar-refractivity contribution in [2.45, 2.75) is 84.5 Å². The number of imidazole rings is 1. The van der Waals surface area contributed by atoms with E-state index in [0.717, 1.165) is 44.3 Å². The molecule has 0 saturated heterocycles. The van der Waals surface area contributed by atoms with Crippen LogP contribution in [-0.4, -0.2) is 48.3 Å². The van der Waals surface area contributed by atoms with E-state index in [1.165, 1.54) is 12.1 Å². The van der Waals surface area contributed by atoms with Crippen LogP contribution in [-0.2, 0) is 10.0 Å². The fourth-order valence-electron chi connectivity index (χ4n) is 5.70. The molecule has 2 aromatic heterocycles. The summed E-state index contributed by atoms with van der Waals surface area (Å²) in [7, 11) is -2.52. The maximum Gasteiger partial charge on any atom is 0.277 e. The number of aromatic amines is 1. The predicted octanol–water partition coefficient (Wildman–Crippen LogP) is 6.71. The minimum atomic E-state index is -4.06. The Balaban J connectivity index is 0.00000461. The highest BCUT2D eigenvalue weighted by molar-refractivity contribution is 7.92. The van der Waals surface area contributed by atoms with Gasteiger partial charge in [-0.2, -0.15) is 0 Å². The molecule has 1 saturated carbocycles. The quantitative estimate of drug-likeness (QED) is 0.165. The van der Waals surface area contributed by atoms with Crippen LogP contribution in [0.3, 0.4) is 0 Å². The number of methoxy groups -OCH3 is 1. The number of H-pyrrole nitrogens is 1. The van der Waals surface area contributed by atoms with Crippen molar-refractivity contribution in [3.8, 4) is 28.6 Å². The van der Waals surface area contributed by atoms with Gasteiger partial charge in [-0.05, 0) is 62.9 Å². The number of nitrogens with zero attached hydrogens (tertiary/aromatic N) is 3. The largest absolute Gasteiger partial charge is 0.493 e. The highest BCUT2D eigenvalue weighted by atomic mass is 32.2. The number of nitrogens with one attached hydrogen (secondary N) is 2. The average Bonchev–Trinajstić information content (AvgIpc) is 3.66. The molecule has 0 amide bonds. The third kappa shape index (κ3) is 7.11. The zero-order valence-corrected chi connectivity index (χ0v) is 26.8. The van der Waals surface area contributed by atoms with Crippen molar-refractivity contribution in [3.63, 3.8) is 0 Å². The predicted molar refractivity (Wildman–Crippen MR) is 176 cm³/mol. The molecule has 0 aliphatic heterocycles. The van der Waals surface area contributed by atoms with Crippen molar-refractivity contribution in [2.75, 3.05) is 25.0 Å². The molecule has 11 nitrogen and oxygen atoms in total. The number of benzene rings is 2. The molecule has 0 bridgehead atoms. The van der Waals surface area contributed by atoms with E-state index in [-0.39, 0.29) is 29.6 Å². The molecule has 2 aromatic carbocycles. The first-order chi connectivity index (χ1) is 21.2. The fourth-order valence-corrected chi connectivity index (χ4v) is 6.78. The Kier molecular flexibility index (Phi) is 10.8.